The fourth-order valence-corrected chi connectivity index (χ4v) is 6.13. The average Bonchev–Trinajstić information content (AvgIpc) is 3.26. The highest BCUT2D eigenvalue weighted by molar-refractivity contribution is 7.90. The second kappa shape index (κ2) is 9.05. The van der Waals surface area contributed by atoms with Gasteiger partial charge in [0.15, 0.2) is 9.84 Å². The van der Waals surface area contributed by atoms with Gasteiger partial charge in [-0.25, -0.2) is 26.4 Å². The summed E-state index contributed by atoms with van der Waals surface area (Å²) in [6, 6.07) is 14.1. The largest absolute Gasteiger partial charge is 0.308 e. The molecule has 37 heavy (non-hydrogen) atoms. The van der Waals surface area contributed by atoms with Gasteiger partial charge in [-0.05, 0) is 54.8 Å². The summed E-state index contributed by atoms with van der Waals surface area (Å²) in [5, 5.41) is 10.2. The van der Waals surface area contributed by atoms with Crippen molar-refractivity contribution in [3.8, 4) is 11.1 Å². The van der Waals surface area contributed by atoms with E-state index in [1.54, 1.807) is 30.3 Å². The lowest BCUT2D eigenvalue weighted by atomic mass is 10.0. The van der Waals surface area contributed by atoms with Crippen LogP contribution in [0.5, 0.6) is 0 Å². The van der Waals surface area contributed by atoms with E-state index in [0.717, 1.165) is 6.26 Å². The molecule has 0 radical (unpaired) electrons. The molecule has 192 valence electrons. The number of piperidine rings is 1. The fraction of sp³-hybridized carbons (Fsp3) is 0.200. The molecule has 1 atom stereocenters. The summed E-state index contributed by atoms with van der Waals surface area (Å²) in [5.41, 5.74) is 1.24. The number of halogens is 1. The van der Waals surface area contributed by atoms with Crippen LogP contribution in [0.1, 0.15) is 18.9 Å². The Balaban J connectivity index is 1.51. The predicted molar refractivity (Wildman–Crippen MR) is 137 cm³/mol. The SMILES string of the molecule is CS(=O)(=O)c1ccccc1-c1ccc(N2CCCC(n3ncc4ccc(S(N)(=O)=O)cc43)C2=O)c(F)c1. The number of nitrogens with zero attached hydrogens (tertiary/aromatic N) is 3. The number of carbonyl (C=O) groups excluding carboxylic acids is 1. The average molecular weight is 543 g/mol. The zero-order valence-corrected chi connectivity index (χ0v) is 21.3. The molecule has 0 aliphatic carbocycles. The number of primary sulfonamides is 1. The van der Waals surface area contributed by atoms with Crippen LogP contribution in [-0.2, 0) is 24.7 Å². The highest BCUT2D eigenvalue weighted by Gasteiger charge is 2.34. The number of rotatable bonds is 5. The summed E-state index contributed by atoms with van der Waals surface area (Å²) in [6.45, 7) is 0.285. The van der Waals surface area contributed by atoms with E-state index in [1.807, 2.05) is 0 Å². The van der Waals surface area contributed by atoms with Gasteiger partial charge in [0.2, 0.25) is 10.0 Å². The molecule has 12 heteroatoms. The van der Waals surface area contributed by atoms with Crippen molar-refractivity contribution in [2.75, 3.05) is 17.7 Å². The maximum absolute atomic E-state index is 15.4. The first-order valence-electron chi connectivity index (χ1n) is 11.4. The smallest absolute Gasteiger partial charge is 0.251 e. The second-order valence-electron chi connectivity index (χ2n) is 8.94. The molecule has 3 aromatic carbocycles. The third-order valence-electron chi connectivity index (χ3n) is 6.44. The lowest BCUT2D eigenvalue weighted by Crippen LogP contribution is -2.43. The van der Waals surface area contributed by atoms with Gasteiger partial charge in [-0.3, -0.25) is 9.48 Å². The van der Waals surface area contributed by atoms with Crippen LogP contribution in [0.25, 0.3) is 22.0 Å². The Kier molecular flexibility index (Phi) is 6.13. The lowest BCUT2D eigenvalue weighted by Gasteiger charge is -2.33. The number of nitrogens with two attached hydrogens (primary N) is 1. The molecule has 0 spiro atoms. The summed E-state index contributed by atoms with van der Waals surface area (Å²) in [7, 11) is -7.49. The number of hydrogen-bond donors (Lipinski definition) is 1. The first-order valence-corrected chi connectivity index (χ1v) is 14.8. The minimum absolute atomic E-state index is 0.0666. The Hall–Kier alpha value is -3.61. The van der Waals surface area contributed by atoms with E-state index in [2.05, 4.69) is 5.10 Å². The van der Waals surface area contributed by atoms with Gasteiger partial charge in [0.05, 0.1) is 27.2 Å². The molecule has 0 saturated carbocycles. The molecule has 5 rings (SSSR count). The van der Waals surface area contributed by atoms with Crippen molar-refractivity contribution < 1.29 is 26.0 Å². The number of sulfonamides is 1. The Bertz CT molecular complexity index is 1770. The van der Waals surface area contributed by atoms with E-state index in [-0.39, 0.29) is 27.9 Å². The number of benzene rings is 3. The van der Waals surface area contributed by atoms with Gasteiger partial charge < -0.3 is 4.90 Å². The molecule has 1 unspecified atom stereocenters. The monoisotopic (exact) mass is 542 g/mol. The van der Waals surface area contributed by atoms with Crippen LogP contribution in [0.4, 0.5) is 10.1 Å². The minimum Gasteiger partial charge on any atom is -0.308 e. The Morgan fingerprint density at radius 2 is 1.78 bits per heavy atom. The molecule has 1 saturated heterocycles. The topological polar surface area (TPSA) is 132 Å². The summed E-state index contributed by atoms with van der Waals surface area (Å²) in [6.07, 6.45) is 3.62. The van der Waals surface area contributed by atoms with E-state index in [1.165, 1.54) is 46.1 Å². The van der Waals surface area contributed by atoms with Gasteiger partial charge in [0.1, 0.15) is 11.9 Å². The molecule has 1 aliphatic heterocycles. The molecule has 1 amide bonds. The number of aromatic nitrogens is 2. The van der Waals surface area contributed by atoms with E-state index in [0.29, 0.717) is 34.9 Å². The highest BCUT2D eigenvalue weighted by Crippen LogP contribution is 2.34. The molecule has 2 heterocycles. The molecule has 9 nitrogen and oxygen atoms in total. The zero-order chi connectivity index (χ0) is 26.5. The van der Waals surface area contributed by atoms with Crippen LogP contribution >= 0.6 is 0 Å². The van der Waals surface area contributed by atoms with Crippen molar-refractivity contribution in [2.45, 2.75) is 28.7 Å². The van der Waals surface area contributed by atoms with Crippen LogP contribution < -0.4 is 10.0 Å². The molecule has 1 fully saturated rings. The molecule has 4 aromatic rings. The number of carbonyl (C=O) groups is 1. The maximum atomic E-state index is 15.4. The van der Waals surface area contributed by atoms with Crippen LogP contribution in [0.15, 0.2) is 76.7 Å². The van der Waals surface area contributed by atoms with E-state index >= 15 is 4.39 Å². The Morgan fingerprint density at radius 3 is 2.49 bits per heavy atom. The van der Waals surface area contributed by atoms with Crippen molar-refractivity contribution in [3.63, 3.8) is 0 Å². The van der Waals surface area contributed by atoms with Gasteiger partial charge in [0.25, 0.3) is 5.91 Å². The number of anilines is 1. The molecule has 1 aliphatic rings. The van der Waals surface area contributed by atoms with Crippen molar-refractivity contribution in [2.24, 2.45) is 5.14 Å². The first-order chi connectivity index (χ1) is 17.4. The van der Waals surface area contributed by atoms with E-state index in [9.17, 15) is 21.6 Å². The minimum atomic E-state index is -3.96. The van der Waals surface area contributed by atoms with Gasteiger partial charge in [-0.1, -0.05) is 24.3 Å². The summed E-state index contributed by atoms with van der Waals surface area (Å²) >= 11 is 0. The maximum Gasteiger partial charge on any atom is 0.251 e. The summed E-state index contributed by atoms with van der Waals surface area (Å²) in [4.78, 5) is 14.8. The molecule has 2 N–H and O–H groups in total. The van der Waals surface area contributed by atoms with E-state index in [4.69, 9.17) is 5.14 Å². The summed E-state index contributed by atoms with van der Waals surface area (Å²) < 4.78 is 64.9. The summed E-state index contributed by atoms with van der Waals surface area (Å²) in [5.74, 6) is -1.06. The van der Waals surface area contributed by atoms with Gasteiger partial charge in [0, 0.05) is 23.8 Å². The second-order valence-corrected chi connectivity index (χ2v) is 12.5. The zero-order valence-electron chi connectivity index (χ0n) is 19.7. The number of fused-ring (bicyclic) bond motifs is 1. The molecule has 1 aromatic heterocycles. The van der Waals surface area contributed by atoms with Gasteiger partial charge >= 0.3 is 0 Å². The quantitative estimate of drug-likeness (QED) is 0.412. The van der Waals surface area contributed by atoms with Crippen molar-refractivity contribution in [1.82, 2.24) is 9.78 Å². The van der Waals surface area contributed by atoms with Gasteiger partial charge in [-0.15, -0.1) is 0 Å². The third kappa shape index (κ3) is 4.63. The molecular weight excluding hydrogens is 519 g/mol. The Morgan fingerprint density at radius 1 is 1.03 bits per heavy atom. The standard InChI is InChI=1S/C25H23FN4O5S2/c1-36(32,33)24-7-3-2-5-19(24)16-9-11-21(20(26)13-16)29-12-4-6-22(25(29)31)30-23-14-18(37(27,34)35)10-8-17(23)15-28-30/h2-3,5,7-11,13-15,22H,4,6,12H2,1H3,(H2,27,34,35). The van der Waals surface area contributed by atoms with Crippen LogP contribution in [0, 0.1) is 5.82 Å². The molecular formula is C25H23FN4O5S2. The van der Waals surface area contributed by atoms with Crippen molar-refractivity contribution in [3.05, 3.63) is 72.7 Å². The van der Waals surface area contributed by atoms with Crippen LogP contribution in [0.2, 0.25) is 0 Å². The number of hydrogen-bond acceptors (Lipinski definition) is 6. The third-order valence-corrected chi connectivity index (χ3v) is 8.51. The molecule has 0 bridgehead atoms. The number of sulfone groups is 1. The first kappa shape index (κ1) is 25.1. The lowest BCUT2D eigenvalue weighted by molar-refractivity contribution is -0.123. The Labute approximate surface area is 213 Å². The number of amides is 1. The van der Waals surface area contributed by atoms with Crippen LogP contribution in [0.3, 0.4) is 0 Å². The fourth-order valence-electron chi connectivity index (χ4n) is 4.69. The van der Waals surface area contributed by atoms with Crippen LogP contribution in [-0.4, -0.2) is 45.3 Å². The highest BCUT2D eigenvalue weighted by atomic mass is 32.2. The van der Waals surface area contributed by atoms with Crippen molar-refractivity contribution >= 4 is 42.4 Å². The van der Waals surface area contributed by atoms with Crippen molar-refractivity contribution in [1.29, 1.82) is 0 Å². The normalized spacial score (nSPS) is 16.9. The van der Waals surface area contributed by atoms with E-state index < -0.39 is 31.7 Å². The predicted octanol–water partition coefficient (Wildman–Crippen LogP) is 3.26. The van der Waals surface area contributed by atoms with Gasteiger partial charge in [-0.2, -0.15) is 5.10 Å².